The van der Waals surface area contributed by atoms with Gasteiger partial charge in [0, 0.05) is 17.2 Å². The summed E-state index contributed by atoms with van der Waals surface area (Å²) in [5.41, 5.74) is 5.90. The lowest BCUT2D eigenvalue weighted by Crippen LogP contribution is -2.03. The zero-order valence-corrected chi connectivity index (χ0v) is 25.0. The van der Waals surface area contributed by atoms with E-state index in [0.29, 0.717) is 35.4 Å². The van der Waals surface area contributed by atoms with Crippen LogP contribution in [0.2, 0.25) is 0 Å². The first-order valence-corrected chi connectivity index (χ1v) is 14.3. The zero-order chi connectivity index (χ0) is 28.8. The van der Waals surface area contributed by atoms with Crippen molar-refractivity contribution >= 4 is 0 Å². The van der Waals surface area contributed by atoms with Gasteiger partial charge in [-0.15, -0.1) is 0 Å². The van der Waals surface area contributed by atoms with E-state index in [-0.39, 0.29) is 5.75 Å². The molecule has 5 nitrogen and oxygen atoms in total. The van der Waals surface area contributed by atoms with Crippen molar-refractivity contribution in [2.45, 2.75) is 81.1 Å². The van der Waals surface area contributed by atoms with Gasteiger partial charge >= 0.3 is 0 Å². The van der Waals surface area contributed by atoms with Crippen molar-refractivity contribution in [2.24, 2.45) is 0 Å². The molecule has 0 fully saturated rings. The minimum Gasteiger partial charge on any atom is -0.507 e. The molecule has 0 aliphatic rings. The Morgan fingerprint density at radius 1 is 0.667 bits per heavy atom. The van der Waals surface area contributed by atoms with Crippen LogP contribution in [0.25, 0.3) is 34.2 Å². The molecule has 4 rings (SSSR count). The fourth-order valence-corrected chi connectivity index (χ4v) is 3.86. The molecule has 208 valence electrons. The summed E-state index contributed by atoms with van der Waals surface area (Å²) in [6.45, 7) is 17.2. The van der Waals surface area contributed by atoms with Crippen molar-refractivity contribution in [1.29, 1.82) is 0 Å². The van der Waals surface area contributed by atoms with Gasteiger partial charge in [0.2, 0.25) is 0 Å². The van der Waals surface area contributed by atoms with Crippen LogP contribution in [0.15, 0.2) is 60.7 Å². The molecule has 3 aromatic carbocycles. The molecule has 1 heterocycles. The van der Waals surface area contributed by atoms with Crippen molar-refractivity contribution in [3.05, 3.63) is 77.4 Å². The predicted octanol–water partition coefficient (Wildman–Crippen LogP) is 9.38. The fourth-order valence-electron chi connectivity index (χ4n) is 3.86. The van der Waals surface area contributed by atoms with Gasteiger partial charge in [-0.1, -0.05) is 102 Å². The highest BCUT2D eigenvalue weighted by Gasteiger charge is 2.17. The van der Waals surface area contributed by atoms with Gasteiger partial charge in [-0.05, 0) is 49.9 Å². The summed E-state index contributed by atoms with van der Waals surface area (Å²) in [4.78, 5) is 14.4. The molecule has 0 unspecified atom stereocenters. The van der Waals surface area contributed by atoms with E-state index in [1.807, 2.05) is 51.1 Å². The largest absolute Gasteiger partial charge is 0.507 e. The highest BCUT2D eigenvalue weighted by atomic mass is 16.5. The van der Waals surface area contributed by atoms with Crippen molar-refractivity contribution < 1.29 is 9.84 Å². The van der Waals surface area contributed by atoms with Crippen LogP contribution >= 0.6 is 0 Å². The average molecular weight is 528 g/mol. The van der Waals surface area contributed by atoms with Gasteiger partial charge in [0.05, 0.1) is 12.2 Å². The van der Waals surface area contributed by atoms with E-state index in [1.54, 1.807) is 12.1 Å². The normalized spacial score (nSPS) is 10.2. The third kappa shape index (κ3) is 8.64. The number of phenols is 1. The Bertz CT molecular complexity index is 1320. The van der Waals surface area contributed by atoms with E-state index in [4.69, 9.17) is 19.7 Å². The Labute approximate surface area is 235 Å². The average Bonchev–Trinajstić information content (AvgIpc) is 2.97. The third-order valence-corrected chi connectivity index (χ3v) is 6.08. The van der Waals surface area contributed by atoms with Crippen molar-refractivity contribution in [3.8, 4) is 45.7 Å². The fraction of sp³-hybridized carbons (Fsp3) is 0.382. The number of rotatable bonds is 8. The lowest BCUT2D eigenvalue weighted by atomic mass is 10.0. The molecular formula is C34H45N3O2. The molecule has 0 amide bonds. The molecule has 39 heavy (non-hydrogen) atoms. The molecule has 4 aromatic rings. The smallest absolute Gasteiger partial charge is 0.167 e. The molecule has 1 N–H and O–H groups in total. The standard InChI is InChI=1S/C28H29N3O2.C4H10.C2H6/c1-5-15-33-21-12-14-24(25(32)17-21)28-30-26(22-13-11-18(3)16-19(22)4)29-27(31-28)23-10-8-7-9-20(23)6-2;1-3-4-2;1-2/h7-14,16-17,32H,5-6,15H2,1-4H3;3-4H2,1-2H3;1-2H3. The first kappa shape index (κ1) is 31.5. The molecule has 0 atom stereocenters. The number of aromatic hydroxyl groups is 1. The zero-order valence-electron chi connectivity index (χ0n) is 25.0. The highest BCUT2D eigenvalue weighted by Crippen LogP contribution is 2.34. The molecule has 0 bridgehead atoms. The number of ether oxygens (including phenoxy) is 1. The van der Waals surface area contributed by atoms with Crippen molar-refractivity contribution in [1.82, 2.24) is 15.0 Å². The van der Waals surface area contributed by atoms with Crippen LogP contribution in [0.1, 0.15) is 77.5 Å². The molecule has 1 aromatic heterocycles. The van der Waals surface area contributed by atoms with Gasteiger partial charge in [0.15, 0.2) is 17.5 Å². The lowest BCUT2D eigenvalue weighted by Gasteiger charge is -2.13. The Morgan fingerprint density at radius 3 is 1.82 bits per heavy atom. The van der Waals surface area contributed by atoms with E-state index in [2.05, 4.69) is 52.8 Å². The van der Waals surface area contributed by atoms with Gasteiger partial charge in [-0.25, -0.2) is 15.0 Å². The maximum absolute atomic E-state index is 10.8. The molecule has 0 saturated heterocycles. The van der Waals surface area contributed by atoms with Crippen LogP contribution in [-0.2, 0) is 6.42 Å². The van der Waals surface area contributed by atoms with E-state index in [0.717, 1.165) is 35.1 Å². The highest BCUT2D eigenvalue weighted by molar-refractivity contribution is 5.72. The summed E-state index contributed by atoms with van der Waals surface area (Å²) in [5.74, 6) is 2.32. The summed E-state index contributed by atoms with van der Waals surface area (Å²) in [6.07, 6.45) is 4.40. The first-order valence-electron chi connectivity index (χ1n) is 14.3. The number of nitrogens with zero attached hydrogens (tertiary/aromatic N) is 3. The maximum Gasteiger partial charge on any atom is 0.167 e. The van der Waals surface area contributed by atoms with Crippen molar-refractivity contribution in [2.75, 3.05) is 6.61 Å². The predicted molar refractivity (Wildman–Crippen MR) is 164 cm³/mol. The molecule has 0 aliphatic carbocycles. The van der Waals surface area contributed by atoms with E-state index in [9.17, 15) is 5.11 Å². The Kier molecular flexibility index (Phi) is 13.1. The molecule has 5 heteroatoms. The number of hydrogen-bond donors (Lipinski definition) is 1. The number of phenolic OH excluding ortho intramolecular Hbond substituents is 1. The minimum atomic E-state index is 0.0797. The summed E-state index contributed by atoms with van der Waals surface area (Å²) in [6, 6.07) is 19.6. The number of unbranched alkanes of at least 4 members (excludes halogenated alkanes) is 1. The second-order valence-electron chi connectivity index (χ2n) is 9.16. The van der Waals surface area contributed by atoms with E-state index < -0.39 is 0 Å². The number of aryl methyl sites for hydroxylation is 3. The lowest BCUT2D eigenvalue weighted by molar-refractivity contribution is 0.315. The molecular weight excluding hydrogens is 482 g/mol. The van der Waals surface area contributed by atoms with Crippen LogP contribution in [-0.4, -0.2) is 26.7 Å². The topological polar surface area (TPSA) is 68.1 Å². The second kappa shape index (κ2) is 16.3. The van der Waals surface area contributed by atoms with Gasteiger partial charge in [-0.3, -0.25) is 0 Å². The summed E-state index contributed by atoms with van der Waals surface area (Å²) in [5, 5.41) is 10.8. The van der Waals surface area contributed by atoms with Gasteiger partial charge in [0.25, 0.3) is 0 Å². The van der Waals surface area contributed by atoms with Gasteiger partial charge in [-0.2, -0.15) is 0 Å². The molecule has 0 aliphatic heterocycles. The number of hydrogen-bond acceptors (Lipinski definition) is 5. The summed E-state index contributed by atoms with van der Waals surface area (Å²) < 4.78 is 5.66. The Balaban J connectivity index is 0.000000815. The third-order valence-electron chi connectivity index (χ3n) is 6.08. The Hall–Kier alpha value is -3.73. The van der Waals surface area contributed by atoms with Gasteiger partial charge < -0.3 is 9.84 Å². The first-order chi connectivity index (χ1) is 18.9. The van der Waals surface area contributed by atoms with E-state index in [1.165, 1.54) is 18.4 Å². The quantitative estimate of drug-likeness (QED) is 0.247. The molecule has 0 saturated carbocycles. The van der Waals surface area contributed by atoms with E-state index >= 15 is 0 Å². The second-order valence-corrected chi connectivity index (χ2v) is 9.16. The monoisotopic (exact) mass is 527 g/mol. The number of benzene rings is 3. The maximum atomic E-state index is 10.8. The Morgan fingerprint density at radius 2 is 1.26 bits per heavy atom. The van der Waals surface area contributed by atoms with Crippen LogP contribution in [0.4, 0.5) is 0 Å². The van der Waals surface area contributed by atoms with Gasteiger partial charge in [0.1, 0.15) is 11.5 Å². The molecule has 0 radical (unpaired) electrons. The van der Waals surface area contributed by atoms with Crippen molar-refractivity contribution in [3.63, 3.8) is 0 Å². The SMILES string of the molecule is CC.CCCC.CCCOc1ccc(-c2nc(-c3ccc(C)cc3C)nc(-c3ccccc3CC)n2)c(O)c1. The van der Waals surface area contributed by atoms with Crippen LogP contribution in [0.3, 0.4) is 0 Å². The van der Waals surface area contributed by atoms with Crippen LogP contribution in [0, 0.1) is 13.8 Å². The number of aromatic nitrogens is 3. The molecule has 0 spiro atoms. The van der Waals surface area contributed by atoms with Crippen LogP contribution < -0.4 is 4.74 Å². The minimum absolute atomic E-state index is 0.0797. The summed E-state index contributed by atoms with van der Waals surface area (Å²) >= 11 is 0. The van der Waals surface area contributed by atoms with Crippen LogP contribution in [0.5, 0.6) is 11.5 Å². The summed E-state index contributed by atoms with van der Waals surface area (Å²) in [7, 11) is 0.